The lowest BCUT2D eigenvalue weighted by Crippen LogP contribution is -2.14. The number of aromatic nitrogens is 3. The second kappa shape index (κ2) is 9.26. The van der Waals surface area contributed by atoms with Crippen molar-refractivity contribution in [3.05, 3.63) is 108 Å². The van der Waals surface area contributed by atoms with Crippen LogP contribution in [0.3, 0.4) is 0 Å². The van der Waals surface area contributed by atoms with E-state index in [-0.39, 0.29) is 12.3 Å². The molecule has 2 aromatic carbocycles. The first-order valence-electron chi connectivity index (χ1n) is 10.9. The fourth-order valence-electron chi connectivity index (χ4n) is 3.81. The van der Waals surface area contributed by atoms with Gasteiger partial charge in [0, 0.05) is 35.9 Å². The van der Waals surface area contributed by atoms with Crippen molar-refractivity contribution in [3.63, 3.8) is 0 Å². The van der Waals surface area contributed by atoms with E-state index in [4.69, 9.17) is 0 Å². The lowest BCUT2D eigenvalue weighted by atomic mass is 10.1. The molecule has 0 fully saturated rings. The maximum absolute atomic E-state index is 13.5. The molecule has 0 saturated carbocycles. The molecule has 0 bridgehead atoms. The van der Waals surface area contributed by atoms with E-state index in [2.05, 4.69) is 15.3 Å². The van der Waals surface area contributed by atoms with Gasteiger partial charge in [0.2, 0.25) is 11.9 Å². The third-order valence-corrected chi connectivity index (χ3v) is 5.63. The molecule has 180 valence electrons. The number of carbonyl (C=O) groups excluding carboxylic acids is 1. The topological polar surface area (TPSA) is 59.3 Å². The van der Waals surface area contributed by atoms with Crippen LogP contribution in [0.25, 0.3) is 28.0 Å². The number of alkyl halides is 3. The monoisotopic (exact) mass is 490 g/mol. The zero-order valence-electron chi connectivity index (χ0n) is 18.6. The second-order valence-corrected chi connectivity index (χ2v) is 8.17. The van der Waals surface area contributed by atoms with Crippen LogP contribution in [0.1, 0.15) is 11.1 Å². The summed E-state index contributed by atoms with van der Waals surface area (Å²) in [5, 5.41) is 2.61. The summed E-state index contributed by atoms with van der Waals surface area (Å²) in [4.78, 5) is 20.6. The van der Waals surface area contributed by atoms with E-state index in [9.17, 15) is 22.4 Å². The van der Waals surface area contributed by atoms with Crippen molar-refractivity contribution in [2.45, 2.75) is 12.6 Å². The molecular weight excluding hydrogens is 472 g/mol. The van der Waals surface area contributed by atoms with E-state index in [0.717, 1.165) is 34.5 Å². The number of hydrogen-bond donors (Lipinski definition) is 1. The molecule has 1 amide bonds. The van der Waals surface area contributed by atoms with E-state index in [1.54, 1.807) is 18.2 Å². The summed E-state index contributed by atoms with van der Waals surface area (Å²) in [6, 6.07) is 18.4. The SMILES string of the molecule is O=C(Cc1ccc(-c2cn3ccc(-c4ccnc(F)c4)cc3n2)cc1)Nc1ccc(C(F)(F)F)cc1. The van der Waals surface area contributed by atoms with Gasteiger partial charge in [0.25, 0.3) is 0 Å². The van der Waals surface area contributed by atoms with E-state index >= 15 is 0 Å². The average Bonchev–Trinajstić information content (AvgIpc) is 3.28. The van der Waals surface area contributed by atoms with Gasteiger partial charge in [-0.1, -0.05) is 24.3 Å². The van der Waals surface area contributed by atoms with E-state index in [1.165, 1.54) is 24.4 Å². The van der Waals surface area contributed by atoms with Crippen LogP contribution in [-0.2, 0) is 17.4 Å². The number of nitrogens with zero attached hydrogens (tertiary/aromatic N) is 3. The highest BCUT2D eigenvalue weighted by Crippen LogP contribution is 2.30. The Morgan fingerprint density at radius 2 is 1.61 bits per heavy atom. The lowest BCUT2D eigenvalue weighted by Gasteiger charge is -2.09. The summed E-state index contributed by atoms with van der Waals surface area (Å²) in [5.74, 6) is -0.889. The number of anilines is 1. The molecule has 3 heterocycles. The van der Waals surface area contributed by atoms with Crippen LogP contribution >= 0.6 is 0 Å². The number of pyridine rings is 2. The fourth-order valence-corrected chi connectivity index (χ4v) is 3.81. The van der Waals surface area contributed by atoms with E-state index in [1.807, 2.05) is 41.1 Å². The molecule has 36 heavy (non-hydrogen) atoms. The highest BCUT2D eigenvalue weighted by Gasteiger charge is 2.30. The molecule has 0 aliphatic heterocycles. The minimum atomic E-state index is -4.42. The number of amides is 1. The molecule has 5 nitrogen and oxygen atoms in total. The largest absolute Gasteiger partial charge is 0.416 e. The number of carbonyl (C=O) groups is 1. The maximum atomic E-state index is 13.5. The number of halogens is 4. The van der Waals surface area contributed by atoms with Gasteiger partial charge in [0.1, 0.15) is 5.65 Å². The molecule has 3 aromatic heterocycles. The summed E-state index contributed by atoms with van der Waals surface area (Å²) in [6.07, 6.45) is 0.778. The molecule has 9 heteroatoms. The Kier molecular flexibility index (Phi) is 5.97. The number of fused-ring (bicyclic) bond motifs is 1. The van der Waals surface area contributed by atoms with E-state index < -0.39 is 17.7 Å². The third-order valence-electron chi connectivity index (χ3n) is 5.63. The van der Waals surface area contributed by atoms with Crippen LogP contribution in [-0.4, -0.2) is 20.3 Å². The number of rotatable bonds is 5. The zero-order valence-corrected chi connectivity index (χ0v) is 18.6. The van der Waals surface area contributed by atoms with Crippen LogP contribution in [0.4, 0.5) is 23.2 Å². The van der Waals surface area contributed by atoms with Gasteiger partial charge >= 0.3 is 6.18 Å². The lowest BCUT2D eigenvalue weighted by molar-refractivity contribution is -0.137. The number of hydrogen-bond acceptors (Lipinski definition) is 3. The summed E-state index contributed by atoms with van der Waals surface area (Å²) in [6.45, 7) is 0. The summed E-state index contributed by atoms with van der Waals surface area (Å²) < 4.78 is 53.4. The second-order valence-electron chi connectivity index (χ2n) is 8.17. The van der Waals surface area contributed by atoms with Gasteiger partial charge in [-0.15, -0.1) is 0 Å². The molecule has 1 N–H and O–H groups in total. The summed E-state index contributed by atoms with van der Waals surface area (Å²) in [5.41, 5.74) is 4.06. The number of benzene rings is 2. The van der Waals surface area contributed by atoms with Crippen LogP contribution in [0.15, 0.2) is 91.4 Å². The molecule has 0 saturated heterocycles. The van der Waals surface area contributed by atoms with Crippen LogP contribution in [0.5, 0.6) is 0 Å². The van der Waals surface area contributed by atoms with Crippen molar-refractivity contribution in [2.24, 2.45) is 0 Å². The predicted octanol–water partition coefficient (Wildman–Crippen LogP) is 6.40. The first kappa shape index (κ1) is 23.2. The van der Waals surface area contributed by atoms with Crippen molar-refractivity contribution in [2.75, 3.05) is 5.32 Å². The van der Waals surface area contributed by atoms with Gasteiger partial charge in [-0.3, -0.25) is 4.79 Å². The Morgan fingerprint density at radius 3 is 2.31 bits per heavy atom. The van der Waals surface area contributed by atoms with E-state index in [0.29, 0.717) is 16.9 Å². The Labute approximate surface area is 203 Å². The Bertz CT molecular complexity index is 1540. The third kappa shape index (κ3) is 5.10. The van der Waals surface area contributed by atoms with Crippen molar-refractivity contribution >= 4 is 17.2 Å². The first-order valence-corrected chi connectivity index (χ1v) is 10.9. The zero-order chi connectivity index (χ0) is 25.3. The first-order chi connectivity index (χ1) is 17.2. The molecule has 0 aliphatic carbocycles. The van der Waals surface area contributed by atoms with Gasteiger partial charge in [-0.2, -0.15) is 17.6 Å². The quantitative estimate of drug-likeness (QED) is 0.229. The van der Waals surface area contributed by atoms with Crippen molar-refractivity contribution in [1.82, 2.24) is 14.4 Å². The molecule has 5 rings (SSSR count). The standard InChI is InChI=1S/C27H18F4N4O/c28-24-14-19(9-11-32-24)20-10-12-35-16-23(34-25(35)15-20)18-3-1-17(2-4-18)13-26(36)33-22-7-5-21(6-8-22)27(29,30)31/h1-12,14-16H,13H2,(H,33,36). The van der Waals surface area contributed by atoms with Gasteiger partial charge in [0.15, 0.2) is 0 Å². The maximum Gasteiger partial charge on any atom is 0.416 e. The Hall–Kier alpha value is -4.53. The fraction of sp³-hybridized carbons (Fsp3) is 0.0741. The highest BCUT2D eigenvalue weighted by molar-refractivity contribution is 5.92. The average molecular weight is 490 g/mol. The molecule has 5 aromatic rings. The van der Waals surface area contributed by atoms with Crippen LogP contribution in [0, 0.1) is 5.95 Å². The van der Waals surface area contributed by atoms with Gasteiger partial charge < -0.3 is 9.72 Å². The number of nitrogens with one attached hydrogen (secondary N) is 1. The smallest absolute Gasteiger partial charge is 0.326 e. The van der Waals surface area contributed by atoms with Crippen LogP contribution < -0.4 is 5.32 Å². The Balaban J connectivity index is 1.27. The minimum Gasteiger partial charge on any atom is -0.326 e. The van der Waals surface area contributed by atoms with Crippen molar-refractivity contribution < 1.29 is 22.4 Å². The van der Waals surface area contributed by atoms with Crippen LogP contribution in [0.2, 0.25) is 0 Å². The molecule has 0 atom stereocenters. The molecule has 0 aliphatic rings. The van der Waals surface area contributed by atoms with Crippen molar-refractivity contribution in [1.29, 1.82) is 0 Å². The van der Waals surface area contributed by atoms with Crippen molar-refractivity contribution in [3.8, 4) is 22.4 Å². The normalized spacial score (nSPS) is 11.6. The summed E-state index contributed by atoms with van der Waals surface area (Å²) in [7, 11) is 0. The predicted molar refractivity (Wildman–Crippen MR) is 128 cm³/mol. The van der Waals surface area contributed by atoms with Gasteiger partial charge in [0.05, 0.1) is 17.7 Å². The molecule has 0 spiro atoms. The molecular formula is C27H18F4N4O. The molecule has 0 unspecified atom stereocenters. The minimum absolute atomic E-state index is 0.0678. The van der Waals surface area contributed by atoms with Gasteiger partial charge in [-0.05, 0) is 59.2 Å². The molecule has 0 radical (unpaired) electrons. The summed E-state index contributed by atoms with van der Waals surface area (Å²) >= 11 is 0. The number of imidazole rings is 1. The Morgan fingerprint density at radius 1 is 0.889 bits per heavy atom. The van der Waals surface area contributed by atoms with Gasteiger partial charge in [-0.25, -0.2) is 9.97 Å². The highest BCUT2D eigenvalue weighted by atomic mass is 19.4.